The maximum atomic E-state index is 10.0. The zero-order valence-corrected chi connectivity index (χ0v) is 5.06. The molecule has 2 nitrogen and oxygen atoms in total. The van der Waals surface area contributed by atoms with Gasteiger partial charge in [0.15, 0.2) is 0 Å². The summed E-state index contributed by atoms with van der Waals surface area (Å²) in [6, 6.07) is 0. The molecule has 0 rings (SSSR count). The Morgan fingerprint density at radius 1 is 2.00 bits per heavy atom. The van der Waals surface area contributed by atoms with Crippen LogP contribution in [0.15, 0.2) is 12.7 Å². The van der Waals surface area contributed by atoms with Crippen molar-refractivity contribution in [3.8, 4) is 0 Å². The molecule has 0 amide bonds. The minimum absolute atomic E-state index is 0.269. The van der Waals surface area contributed by atoms with Crippen molar-refractivity contribution in [2.24, 2.45) is 0 Å². The van der Waals surface area contributed by atoms with Crippen LogP contribution in [-0.4, -0.2) is 10.6 Å². The van der Waals surface area contributed by atoms with Crippen LogP contribution in [-0.2, 0) is 4.57 Å². The maximum absolute atomic E-state index is 10.0. The molecule has 0 saturated carbocycles. The van der Waals surface area contributed by atoms with Gasteiger partial charge in [0.05, 0.1) is 0 Å². The van der Waals surface area contributed by atoms with Crippen molar-refractivity contribution in [3.05, 3.63) is 12.7 Å². The minimum atomic E-state index is -2.03. The highest BCUT2D eigenvalue weighted by atomic mass is 31.1. The summed E-state index contributed by atoms with van der Waals surface area (Å²) in [5.41, 5.74) is -0.269. The quantitative estimate of drug-likeness (QED) is 0.439. The zero-order valence-electron chi connectivity index (χ0n) is 4.16. The molecular formula is C4H8O2P+. The first-order valence-corrected chi connectivity index (χ1v) is 3.24. The summed E-state index contributed by atoms with van der Waals surface area (Å²) in [5, 5.41) is 0. The van der Waals surface area contributed by atoms with E-state index in [1.54, 1.807) is 6.92 Å². The van der Waals surface area contributed by atoms with Crippen LogP contribution in [0, 0.1) is 0 Å². The highest BCUT2D eigenvalue weighted by molar-refractivity contribution is 7.39. The number of rotatable bonds is 2. The predicted molar refractivity (Wildman–Crippen MR) is 29.5 cm³/mol. The van der Waals surface area contributed by atoms with Gasteiger partial charge in [0.1, 0.15) is 0 Å². The fourth-order valence-electron chi connectivity index (χ4n) is 0.0902. The van der Waals surface area contributed by atoms with Gasteiger partial charge in [-0.25, -0.2) is 0 Å². The molecule has 2 atom stereocenters. The summed E-state index contributed by atoms with van der Waals surface area (Å²) in [7, 11) is -2.03. The second kappa shape index (κ2) is 2.89. The van der Waals surface area contributed by atoms with Crippen molar-refractivity contribution in [3.63, 3.8) is 0 Å². The van der Waals surface area contributed by atoms with Gasteiger partial charge in [-0.2, -0.15) is 4.89 Å². The summed E-state index contributed by atoms with van der Waals surface area (Å²) < 4.78 is 10.0. The predicted octanol–water partition coefficient (Wildman–Crippen LogP) is 1.30. The fourth-order valence-corrected chi connectivity index (χ4v) is 0.271. The van der Waals surface area contributed by atoms with E-state index in [1.165, 1.54) is 6.08 Å². The van der Waals surface area contributed by atoms with E-state index in [0.717, 1.165) is 0 Å². The maximum Gasteiger partial charge on any atom is 0.512 e. The standard InChI is InChI=1S/C4H7O2P/c1-3-4(2)7(5)6/h3-4H,1H2,2H3/p+1. The van der Waals surface area contributed by atoms with Gasteiger partial charge in [-0.15, -0.1) is 0 Å². The third kappa shape index (κ3) is 2.49. The summed E-state index contributed by atoms with van der Waals surface area (Å²) in [4.78, 5) is 8.26. The summed E-state index contributed by atoms with van der Waals surface area (Å²) >= 11 is 0. The normalized spacial score (nSPS) is 15.4. The van der Waals surface area contributed by atoms with Gasteiger partial charge in [0.2, 0.25) is 5.66 Å². The van der Waals surface area contributed by atoms with Crippen LogP contribution in [0.2, 0.25) is 0 Å². The van der Waals surface area contributed by atoms with E-state index in [2.05, 4.69) is 6.58 Å². The summed E-state index contributed by atoms with van der Waals surface area (Å²) in [6.07, 6.45) is 1.46. The van der Waals surface area contributed by atoms with Crippen LogP contribution < -0.4 is 0 Å². The first-order valence-electron chi connectivity index (χ1n) is 1.96. The van der Waals surface area contributed by atoms with Crippen LogP contribution >= 0.6 is 8.03 Å². The Hall–Kier alpha value is -0.200. The van der Waals surface area contributed by atoms with E-state index >= 15 is 0 Å². The van der Waals surface area contributed by atoms with E-state index in [4.69, 9.17) is 4.89 Å². The van der Waals surface area contributed by atoms with Gasteiger partial charge in [0.25, 0.3) is 0 Å². The van der Waals surface area contributed by atoms with Crippen molar-refractivity contribution >= 4 is 8.03 Å². The molecule has 0 aliphatic heterocycles. The molecule has 0 aliphatic carbocycles. The van der Waals surface area contributed by atoms with E-state index in [-0.39, 0.29) is 5.66 Å². The smallest absolute Gasteiger partial charge is 0.160 e. The average molecular weight is 119 g/mol. The SMILES string of the molecule is C=CC(C)[P+](=O)O. The van der Waals surface area contributed by atoms with E-state index in [0.29, 0.717) is 0 Å². The highest BCUT2D eigenvalue weighted by Gasteiger charge is 2.17. The number of hydrogen-bond donors (Lipinski definition) is 1. The fraction of sp³-hybridized carbons (Fsp3) is 0.500. The molecule has 0 spiro atoms. The average Bonchev–Trinajstić information content (AvgIpc) is 1.65. The Morgan fingerprint density at radius 2 is 2.43 bits per heavy atom. The third-order valence-corrected chi connectivity index (χ3v) is 1.60. The lowest BCUT2D eigenvalue weighted by Gasteiger charge is -1.78. The van der Waals surface area contributed by atoms with Crippen LogP contribution in [0.5, 0.6) is 0 Å². The third-order valence-electron chi connectivity index (χ3n) is 0.690. The molecule has 0 radical (unpaired) electrons. The summed E-state index contributed by atoms with van der Waals surface area (Å²) in [6.45, 7) is 4.98. The molecule has 0 heterocycles. The van der Waals surface area contributed by atoms with Gasteiger partial charge < -0.3 is 0 Å². The number of hydrogen-bond acceptors (Lipinski definition) is 1. The molecule has 0 aromatic rings. The molecule has 3 heteroatoms. The molecule has 0 saturated heterocycles. The van der Waals surface area contributed by atoms with Crippen LogP contribution in [0.1, 0.15) is 6.92 Å². The van der Waals surface area contributed by atoms with Crippen molar-refractivity contribution in [1.29, 1.82) is 0 Å². The Morgan fingerprint density at radius 3 is 2.43 bits per heavy atom. The lowest BCUT2D eigenvalue weighted by atomic mass is 10.5. The zero-order chi connectivity index (χ0) is 5.86. The lowest BCUT2D eigenvalue weighted by molar-refractivity contribution is 0.498. The number of allylic oxidation sites excluding steroid dienone is 1. The first kappa shape index (κ1) is 6.80. The molecule has 2 unspecified atom stereocenters. The summed E-state index contributed by atoms with van der Waals surface area (Å²) in [5.74, 6) is 0. The molecule has 0 aliphatic rings. The van der Waals surface area contributed by atoms with Crippen molar-refractivity contribution in [2.75, 3.05) is 0 Å². The molecule has 1 N–H and O–H groups in total. The second-order valence-electron chi connectivity index (χ2n) is 1.28. The van der Waals surface area contributed by atoms with E-state index < -0.39 is 8.03 Å². The topological polar surface area (TPSA) is 37.3 Å². The Kier molecular flexibility index (Phi) is 2.81. The molecule has 0 aromatic carbocycles. The van der Waals surface area contributed by atoms with Gasteiger partial charge in [-0.3, -0.25) is 0 Å². The molecule has 0 fully saturated rings. The Labute approximate surface area is 43.7 Å². The van der Waals surface area contributed by atoms with Gasteiger partial charge in [-0.1, -0.05) is 6.58 Å². The monoisotopic (exact) mass is 119 g/mol. The van der Waals surface area contributed by atoms with Crippen molar-refractivity contribution in [2.45, 2.75) is 12.6 Å². The van der Waals surface area contributed by atoms with E-state index in [1.807, 2.05) is 0 Å². The second-order valence-corrected chi connectivity index (χ2v) is 2.70. The highest BCUT2D eigenvalue weighted by Crippen LogP contribution is 2.21. The lowest BCUT2D eigenvalue weighted by Crippen LogP contribution is -1.84. The van der Waals surface area contributed by atoms with Gasteiger partial charge in [-0.05, 0) is 17.6 Å². The van der Waals surface area contributed by atoms with Gasteiger partial charge in [0, 0.05) is 0 Å². The van der Waals surface area contributed by atoms with E-state index in [9.17, 15) is 4.57 Å². The van der Waals surface area contributed by atoms with Crippen LogP contribution in [0.3, 0.4) is 0 Å². The molecule has 7 heavy (non-hydrogen) atoms. The molecule has 0 aromatic heterocycles. The Balaban J connectivity index is 3.55. The largest absolute Gasteiger partial charge is 0.512 e. The van der Waals surface area contributed by atoms with Crippen LogP contribution in [0.4, 0.5) is 0 Å². The minimum Gasteiger partial charge on any atom is -0.160 e. The van der Waals surface area contributed by atoms with Crippen molar-refractivity contribution in [1.82, 2.24) is 0 Å². The first-order chi connectivity index (χ1) is 3.18. The molecule has 0 bridgehead atoms. The molecule has 40 valence electrons. The molecular weight excluding hydrogens is 111 g/mol. The van der Waals surface area contributed by atoms with Crippen LogP contribution in [0.25, 0.3) is 0 Å². The van der Waals surface area contributed by atoms with Gasteiger partial charge >= 0.3 is 8.03 Å². The van der Waals surface area contributed by atoms with Crippen molar-refractivity contribution < 1.29 is 9.46 Å². The Bertz CT molecular complexity index is 89.7.